The number of halogens is 6. The SMILES string of the molecule is O=C(Cc1nnc(NS(=O)(=O)c2ccc(-c3cc(C(F)(F)F)cc(C(F)(F)F)c3)cc2)s1)N1CCOCC1. The van der Waals surface area contributed by atoms with Crippen LogP contribution in [-0.4, -0.2) is 55.7 Å². The number of amides is 1. The summed E-state index contributed by atoms with van der Waals surface area (Å²) in [5.74, 6) is -0.210. The molecule has 2 aromatic carbocycles. The van der Waals surface area contributed by atoms with E-state index < -0.39 is 33.5 Å². The molecule has 38 heavy (non-hydrogen) atoms. The first kappa shape index (κ1) is 27.8. The molecule has 3 aromatic rings. The van der Waals surface area contributed by atoms with E-state index in [1.54, 1.807) is 4.90 Å². The Hall–Kier alpha value is -3.24. The molecule has 0 spiro atoms. The number of aromatic nitrogens is 2. The minimum Gasteiger partial charge on any atom is -0.378 e. The van der Waals surface area contributed by atoms with E-state index in [-0.39, 0.29) is 44.6 Å². The van der Waals surface area contributed by atoms with Crippen molar-refractivity contribution in [2.24, 2.45) is 0 Å². The van der Waals surface area contributed by atoms with Gasteiger partial charge in [-0.2, -0.15) is 26.3 Å². The van der Waals surface area contributed by atoms with Crippen molar-refractivity contribution in [1.82, 2.24) is 15.1 Å². The van der Waals surface area contributed by atoms with Crippen LogP contribution in [0.15, 0.2) is 47.4 Å². The van der Waals surface area contributed by atoms with Gasteiger partial charge in [-0.25, -0.2) is 8.42 Å². The normalized spacial score (nSPS) is 14.9. The molecule has 1 aliphatic rings. The van der Waals surface area contributed by atoms with Crippen molar-refractivity contribution < 1.29 is 44.3 Å². The number of sulfonamides is 1. The lowest BCUT2D eigenvalue weighted by molar-refractivity contribution is -0.143. The number of ether oxygens (including phenoxy) is 1. The lowest BCUT2D eigenvalue weighted by Gasteiger charge is -2.26. The number of morpholine rings is 1. The molecule has 1 saturated heterocycles. The molecule has 1 fully saturated rings. The van der Waals surface area contributed by atoms with Crippen molar-refractivity contribution in [2.75, 3.05) is 31.0 Å². The van der Waals surface area contributed by atoms with Gasteiger partial charge >= 0.3 is 12.4 Å². The fourth-order valence-electron chi connectivity index (χ4n) is 3.54. The summed E-state index contributed by atoms with van der Waals surface area (Å²) in [6, 6.07) is 5.38. The first-order valence-electron chi connectivity index (χ1n) is 10.8. The molecular weight excluding hydrogens is 562 g/mol. The van der Waals surface area contributed by atoms with E-state index in [4.69, 9.17) is 4.74 Å². The van der Waals surface area contributed by atoms with Crippen LogP contribution in [0.5, 0.6) is 0 Å². The zero-order valence-electron chi connectivity index (χ0n) is 19.1. The van der Waals surface area contributed by atoms with Gasteiger partial charge in [-0.3, -0.25) is 9.52 Å². The number of nitrogens with zero attached hydrogens (tertiary/aromatic N) is 3. The number of hydrogen-bond acceptors (Lipinski definition) is 7. The lowest BCUT2D eigenvalue weighted by atomic mass is 9.99. The van der Waals surface area contributed by atoms with Crippen LogP contribution in [0, 0.1) is 0 Å². The number of anilines is 1. The third kappa shape index (κ3) is 6.60. The molecule has 0 radical (unpaired) electrons. The number of rotatable bonds is 6. The highest BCUT2D eigenvalue weighted by Gasteiger charge is 2.37. The highest BCUT2D eigenvalue weighted by atomic mass is 32.2. The Morgan fingerprint density at radius 3 is 2.05 bits per heavy atom. The first-order chi connectivity index (χ1) is 17.7. The predicted molar refractivity (Wildman–Crippen MR) is 124 cm³/mol. The van der Waals surface area contributed by atoms with Crippen molar-refractivity contribution in [3.63, 3.8) is 0 Å². The lowest BCUT2D eigenvalue weighted by Crippen LogP contribution is -2.41. The molecule has 16 heteroatoms. The molecule has 8 nitrogen and oxygen atoms in total. The van der Waals surface area contributed by atoms with E-state index in [1.807, 2.05) is 0 Å². The molecule has 0 bridgehead atoms. The van der Waals surface area contributed by atoms with E-state index in [9.17, 15) is 39.6 Å². The van der Waals surface area contributed by atoms with Gasteiger partial charge in [0, 0.05) is 13.1 Å². The number of carbonyl (C=O) groups excluding carboxylic acids is 1. The van der Waals surface area contributed by atoms with Gasteiger partial charge in [0.25, 0.3) is 10.0 Å². The van der Waals surface area contributed by atoms with Crippen molar-refractivity contribution in [3.8, 4) is 11.1 Å². The van der Waals surface area contributed by atoms with Gasteiger partial charge in [-0.15, -0.1) is 10.2 Å². The third-order valence-electron chi connectivity index (χ3n) is 5.44. The number of benzene rings is 2. The summed E-state index contributed by atoms with van der Waals surface area (Å²) in [6.07, 6.45) is -10.1. The van der Waals surface area contributed by atoms with Crippen LogP contribution in [0.2, 0.25) is 0 Å². The molecule has 4 rings (SSSR count). The molecular formula is C22H18F6N4O4S2. The summed E-state index contributed by atoms with van der Waals surface area (Å²) in [5.41, 5.74) is -3.41. The summed E-state index contributed by atoms with van der Waals surface area (Å²) in [4.78, 5) is 13.6. The Kier molecular flexibility index (Phi) is 7.67. The molecule has 1 amide bonds. The van der Waals surface area contributed by atoms with Crippen LogP contribution < -0.4 is 4.72 Å². The van der Waals surface area contributed by atoms with Crippen LogP contribution in [0.25, 0.3) is 11.1 Å². The second-order valence-corrected chi connectivity index (χ2v) is 10.8. The molecule has 2 heterocycles. The molecule has 1 aromatic heterocycles. The zero-order chi connectivity index (χ0) is 27.7. The van der Waals surface area contributed by atoms with Crippen molar-refractivity contribution >= 4 is 32.4 Å². The fraction of sp³-hybridized carbons (Fsp3) is 0.318. The Labute approximate surface area is 216 Å². The quantitative estimate of drug-likeness (QED) is 0.433. The van der Waals surface area contributed by atoms with Gasteiger partial charge in [-0.1, -0.05) is 23.5 Å². The highest BCUT2D eigenvalue weighted by Crippen LogP contribution is 2.38. The van der Waals surface area contributed by atoms with E-state index in [0.29, 0.717) is 38.4 Å². The smallest absolute Gasteiger partial charge is 0.378 e. The standard InChI is InChI=1S/C22H18F6N4O4S2/c23-21(24,25)15-9-14(10-16(11-15)22(26,27)28)13-1-3-17(4-2-13)38(34,35)31-20-30-29-18(37-20)12-19(33)32-5-7-36-8-6-32/h1-4,9-11H,5-8,12H2,(H,30,31). The molecule has 0 saturated carbocycles. The summed E-state index contributed by atoms with van der Waals surface area (Å²) < 4.78 is 112. The Bertz CT molecular complexity index is 1380. The molecule has 0 unspecified atom stereocenters. The second kappa shape index (κ2) is 10.5. The zero-order valence-corrected chi connectivity index (χ0v) is 20.8. The maximum absolute atomic E-state index is 13.2. The van der Waals surface area contributed by atoms with E-state index >= 15 is 0 Å². The summed E-state index contributed by atoms with van der Waals surface area (Å²) >= 11 is 0.850. The van der Waals surface area contributed by atoms with Crippen molar-refractivity contribution in [1.29, 1.82) is 0 Å². The minimum atomic E-state index is -5.02. The van der Waals surface area contributed by atoms with Crippen LogP contribution in [0.1, 0.15) is 16.1 Å². The number of alkyl halides is 6. The fourth-order valence-corrected chi connectivity index (χ4v) is 5.50. The van der Waals surface area contributed by atoms with Crippen LogP contribution in [0.4, 0.5) is 31.5 Å². The van der Waals surface area contributed by atoms with Crippen molar-refractivity contribution in [3.05, 3.63) is 58.6 Å². The Balaban J connectivity index is 1.50. The third-order valence-corrected chi connectivity index (χ3v) is 7.76. The van der Waals surface area contributed by atoms with Crippen LogP contribution >= 0.6 is 11.3 Å². The van der Waals surface area contributed by atoms with Crippen LogP contribution in [-0.2, 0) is 38.3 Å². The maximum Gasteiger partial charge on any atom is 0.416 e. The molecule has 0 atom stereocenters. The van der Waals surface area contributed by atoms with Gasteiger partial charge in [-0.05, 0) is 41.5 Å². The van der Waals surface area contributed by atoms with Crippen molar-refractivity contribution in [2.45, 2.75) is 23.7 Å². The summed E-state index contributed by atoms with van der Waals surface area (Å²) in [6.45, 7) is 1.71. The van der Waals surface area contributed by atoms with Gasteiger partial charge < -0.3 is 9.64 Å². The first-order valence-corrected chi connectivity index (χ1v) is 13.1. The monoisotopic (exact) mass is 580 g/mol. The maximum atomic E-state index is 13.2. The van der Waals surface area contributed by atoms with E-state index in [0.717, 1.165) is 35.6 Å². The average molecular weight is 581 g/mol. The largest absolute Gasteiger partial charge is 0.416 e. The van der Waals surface area contributed by atoms with Gasteiger partial charge in [0.15, 0.2) is 0 Å². The van der Waals surface area contributed by atoms with Gasteiger partial charge in [0.2, 0.25) is 11.0 Å². The Morgan fingerprint density at radius 1 is 0.921 bits per heavy atom. The number of carbonyl (C=O) groups is 1. The van der Waals surface area contributed by atoms with E-state index in [1.165, 1.54) is 0 Å². The topological polar surface area (TPSA) is 101 Å². The highest BCUT2D eigenvalue weighted by molar-refractivity contribution is 7.93. The molecule has 1 aliphatic heterocycles. The van der Waals surface area contributed by atoms with E-state index in [2.05, 4.69) is 14.9 Å². The summed E-state index contributed by atoms with van der Waals surface area (Å²) in [5, 5.41) is 7.70. The molecule has 0 aliphatic carbocycles. The molecule has 204 valence electrons. The second-order valence-electron chi connectivity index (χ2n) is 8.10. The van der Waals surface area contributed by atoms with Gasteiger partial charge in [0.1, 0.15) is 5.01 Å². The van der Waals surface area contributed by atoms with Gasteiger partial charge in [0.05, 0.1) is 35.7 Å². The molecule has 1 N–H and O–H groups in total. The minimum absolute atomic E-state index is 0.0110. The summed E-state index contributed by atoms with van der Waals surface area (Å²) in [7, 11) is -4.22. The predicted octanol–water partition coefficient (Wildman–Crippen LogP) is 4.44. The number of nitrogens with one attached hydrogen (secondary N) is 1. The Morgan fingerprint density at radius 2 is 1.50 bits per heavy atom. The average Bonchev–Trinajstić information content (AvgIpc) is 3.29. The van der Waals surface area contributed by atoms with Crippen LogP contribution in [0.3, 0.4) is 0 Å². The number of hydrogen-bond donors (Lipinski definition) is 1.